The average Bonchev–Trinajstić information content (AvgIpc) is 3.17. The van der Waals surface area contributed by atoms with Crippen LogP contribution < -0.4 is 5.32 Å². The largest absolute Gasteiger partial charge is 0.301 e. The SMILES string of the molecule is O=C1CC2(CCN(CC(c3ccccc3)c3ccccc3)C2)C(=O)N1. The molecule has 4 rings (SSSR count). The van der Waals surface area contributed by atoms with Gasteiger partial charge in [-0.05, 0) is 24.1 Å². The first-order chi connectivity index (χ1) is 12.2. The van der Waals surface area contributed by atoms with E-state index < -0.39 is 5.41 Å². The molecule has 2 aromatic carbocycles. The summed E-state index contributed by atoms with van der Waals surface area (Å²) in [7, 11) is 0. The molecule has 2 aliphatic heterocycles. The quantitative estimate of drug-likeness (QED) is 0.874. The molecule has 1 atom stereocenters. The molecule has 2 saturated heterocycles. The zero-order valence-electron chi connectivity index (χ0n) is 14.2. The second-order valence-corrected chi connectivity index (χ2v) is 7.19. The van der Waals surface area contributed by atoms with E-state index in [4.69, 9.17) is 0 Å². The van der Waals surface area contributed by atoms with Gasteiger partial charge in [0, 0.05) is 25.4 Å². The van der Waals surface area contributed by atoms with Gasteiger partial charge in [0.25, 0.3) is 0 Å². The predicted molar refractivity (Wildman–Crippen MR) is 96.0 cm³/mol. The molecule has 1 spiro atoms. The lowest BCUT2D eigenvalue weighted by Gasteiger charge is -2.26. The summed E-state index contributed by atoms with van der Waals surface area (Å²) < 4.78 is 0. The van der Waals surface area contributed by atoms with Crippen LogP contribution in [-0.4, -0.2) is 36.3 Å². The summed E-state index contributed by atoms with van der Waals surface area (Å²) in [6.45, 7) is 2.38. The molecule has 0 aliphatic carbocycles. The third-order valence-electron chi connectivity index (χ3n) is 5.51. The van der Waals surface area contributed by atoms with Crippen LogP contribution in [0.15, 0.2) is 60.7 Å². The van der Waals surface area contributed by atoms with Crippen LogP contribution in [0.4, 0.5) is 0 Å². The highest BCUT2D eigenvalue weighted by molar-refractivity contribution is 6.06. The number of likely N-dealkylation sites (tertiary alicyclic amines) is 1. The van der Waals surface area contributed by atoms with Crippen molar-refractivity contribution in [2.75, 3.05) is 19.6 Å². The zero-order chi connectivity index (χ0) is 17.3. The van der Waals surface area contributed by atoms with Crippen molar-refractivity contribution >= 4 is 11.8 Å². The van der Waals surface area contributed by atoms with Crippen molar-refractivity contribution in [1.82, 2.24) is 10.2 Å². The number of carbonyl (C=O) groups is 2. The number of amides is 2. The summed E-state index contributed by atoms with van der Waals surface area (Å²) in [5.74, 6) is 0.0446. The number of nitrogens with one attached hydrogen (secondary N) is 1. The van der Waals surface area contributed by atoms with Crippen LogP contribution in [0, 0.1) is 5.41 Å². The molecule has 1 unspecified atom stereocenters. The van der Waals surface area contributed by atoms with E-state index in [1.807, 2.05) is 12.1 Å². The van der Waals surface area contributed by atoms with Crippen LogP contribution in [-0.2, 0) is 9.59 Å². The fraction of sp³-hybridized carbons (Fsp3) is 0.333. The topological polar surface area (TPSA) is 49.4 Å². The third kappa shape index (κ3) is 3.10. The van der Waals surface area contributed by atoms with Crippen LogP contribution in [0.1, 0.15) is 29.9 Å². The molecule has 25 heavy (non-hydrogen) atoms. The maximum absolute atomic E-state index is 12.2. The highest BCUT2D eigenvalue weighted by atomic mass is 16.2. The van der Waals surface area contributed by atoms with Crippen molar-refractivity contribution in [3.63, 3.8) is 0 Å². The van der Waals surface area contributed by atoms with Crippen LogP contribution >= 0.6 is 0 Å². The molecule has 0 radical (unpaired) electrons. The number of carbonyl (C=O) groups excluding carboxylic acids is 2. The van der Waals surface area contributed by atoms with Crippen molar-refractivity contribution in [3.8, 4) is 0 Å². The normalized spacial score (nSPS) is 23.6. The Kier molecular flexibility index (Phi) is 4.14. The van der Waals surface area contributed by atoms with Gasteiger partial charge in [-0.2, -0.15) is 0 Å². The smallest absolute Gasteiger partial charge is 0.234 e. The number of rotatable bonds is 4. The van der Waals surface area contributed by atoms with Crippen LogP contribution in [0.3, 0.4) is 0 Å². The first-order valence-electron chi connectivity index (χ1n) is 8.83. The van der Waals surface area contributed by atoms with Crippen molar-refractivity contribution in [1.29, 1.82) is 0 Å². The first kappa shape index (κ1) is 16.0. The van der Waals surface area contributed by atoms with Gasteiger partial charge in [0.05, 0.1) is 5.41 Å². The van der Waals surface area contributed by atoms with Gasteiger partial charge >= 0.3 is 0 Å². The van der Waals surface area contributed by atoms with E-state index >= 15 is 0 Å². The van der Waals surface area contributed by atoms with Gasteiger partial charge in [-0.1, -0.05) is 60.7 Å². The molecule has 2 fully saturated rings. The number of hydrogen-bond donors (Lipinski definition) is 1. The van der Waals surface area contributed by atoms with Crippen LogP contribution in [0.2, 0.25) is 0 Å². The molecule has 2 amide bonds. The Hall–Kier alpha value is -2.46. The Balaban J connectivity index is 1.56. The molecule has 128 valence electrons. The fourth-order valence-electron chi connectivity index (χ4n) is 4.17. The summed E-state index contributed by atoms with van der Waals surface area (Å²) in [5.41, 5.74) is 2.05. The first-order valence-corrected chi connectivity index (χ1v) is 8.83. The molecule has 2 aliphatic rings. The Morgan fingerprint density at radius 2 is 1.56 bits per heavy atom. The van der Waals surface area contributed by atoms with E-state index in [1.165, 1.54) is 11.1 Å². The highest BCUT2D eigenvalue weighted by Gasteiger charge is 2.50. The number of benzene rings is 2. The van der Waals surface area contributed by atoms with E-state index in [9.17, 15) is 9.59 Å². The van der Waals surface area contributed by atoms with Crippen LogP contribution in [0.5, 0.6) is 0 Å². The van der Waals surface area contributed by atoms with Gasteiger partial charge < -0.3 is 4.90 Å². The molecule has 2 aromatic rings. The van der Waals surface area contributed by atoms with Crippen molar-refractivity contribution in [2.24, 2.45) is 5.41 Å². The third-order valence-corrected chi connectivity index (χ3v) is 5.51. The van der Waals surface area contributed by atoms with E-state index in [0.717, 1.165) is 19.5 Å². The lowest BCUT2D eigenvalue weighted by Crippen LogP contribution is -2.35. The summed E-state index contributed by atoms with van der Waals surface area (Å²) >= 11 is 0. The minimum absolute atomic E-state index is 0.0871. The Labute approximate surface area is 147 Å². The molecule has 0 aromatic heterocycles. The number of nitrogens with zero attached hydrogens (tertiary/aromatic N) is 1. The molecular weight excluding hydrogens is 312 g/mol. The summed E-state index contributed by atoms with van der Waals surface area (Å²) in [4.78, 5) is 26.2. The number of imide groups is 1. The average molecular weight is 334 g/mol. The van der Waals surface area contributed by atoms with Gasteiger partial charge in [-0.25, -0.2) is 0 Å². The monoisotopic (exact) mass is 334 g/mol. The summed E-state index contributed by atoms with van der Waals surface area (Å²) in [6.07, 6.45) is 1.10. The second-order valence-electron chi connectivity index (χ2n) is 7.19. The van der Waals surface area contributed by atoms with E-state index in [-0.39, 0.29) is 17.7 Å². The Morgan fingerprint density at radius 3 is 2.08 bits per heavy atom. The van der Waals surface area contributed by atoms with E-state index in [2.05, 4.69) is 58.7 Å². The summed E-state index contributed by atoms with van der Waals surface area (Å²) in [6, 6.07) is 21.0. The van der Waals surface area contributed by atoms with Crippen molar-refractivity contribution < 1.29 is 9.59 Å². The maximum atomic E-state index is 12.2. The van der Waals surface area contributed by atoms with E-state index in [1.54, 1.807) is 0 Å². The Bertz CT molecular complexity index is 735. The predicted octanol–water partition coefficient (Wildman–Crippen LogP) is 2.56. The molecular formula is C21H22N2O2. The fourth-order valence-corrected chi connectivity index (χ4v) is 4.17. The van der Waals surface area contributed by atoms with Crippen molar-refractivity contribution in [3.05, 3.63) is 71.8 Å². The minimum atomic E-state index is -0.505. The van der Waals surface area contributed by atoms with Gasteiger partial charge in [0.15, 0.2) is 0 Å². The molecule has 0 saturated carbocycles. The summed E-state index contributed by atoms with van der Waals surface area (Å²) in [5, 5.41) is 2.48. The second kappa shape index (κ2) is 6.45. The van der Waals surface area contributed by atoms with Gasteiger partial charge in [-0.3, -0.25) is 14.9 Å². The molecule has 4 nitrogen and oxygen atoms in total. The highest BCUT2D eigenvalue weighted by Crippen LogP contribution is 2.39. The van der Waals surface area contributed by atoms with Gasteiger partial charge in [0.1, 0.15) is 0 Å². The van der Waals surface area contributed by atoms with Gasteiger partial charge in [-0.15, -0.1) is 0 Å². The Morgan fingerprint density at radius 1 is 0.960 bits per heavy atom. The van der Waals surface area contributed by atoms with Crippen LogP contribution in [0.25, 0.3) is 0 Å². The zero-order valence-corrected chi connectivity index (χ0v) is 14.2. The van der Waals surface area contributed by atoms with Gasteiger partial charge in [0.2, 0.25) is 11.8 Å². The minimum Gasteiger partial charge on any atom is -0.301 e. The maximum Gasteiger partial charge on any atom is 0.234 e. The lowest BCUT2D eigenvalue weighted by atomic mass is 9.85. The lowest BCUT2D eigenvalue weighted by molar-refractivity contribution is -0.128. The molecule has 0 bridgehead atoms. The molecule has 1 N–H and O–H groups in total. The molecule has 4 heteroatoms. The van der Waals surface area contributed by atoms with Crippen molar-refractivity contribution in [2.45, 2.75) is 18.8 Å². The van der Waals surface area contributed by atoms with E-state index in [0.29, 0.717) is 13.0 Å². The number of hydrogen-bond acceptors (Lipinski definition) is 3. The molecule has 2 heterocycles. The standard InChI is InChI=1S/C21H22N2O2/c24-19-13-21(20(25)22-19)11-12-23(15-21)14-18(16-7-3-1-4-8-16)17-9-5-2-6-10-17/h1-10,18H,11-15H2,(H,22,24,25).